The standard InChI is InChI=1S/C12H24O/c1-9(2)7-11-5-6-12(13-4)10(3)8-11/h9-12H,5-8H2,1-4H3/t10-,11+,12+/m1/s1. The van der Waals surface area contributed by atoms with Gasteiger partial charge in [0.25, 0.3) is 0 Å². The number of hydrogen-bond donors (Lipinski definition) is 0. The van der Waals surface area contributed by atoms with Gasteiger partial charge in [0.15, 0.2) is 0 Å². The van der Waals surface area contributed by atoms with Crippen LogP contribution < -0.4 is 0 Å². The molecule has 1 aliphatic carbocycles. The van der Waals surface area contributed by atoms with E-state index in [9.17, 15) is 0 Å². The van der Waals surface area contributed by atoms with Crippen LogP contribution >= 0.6 is 0 Å². The molecule has 1 heteroatoms. The third-order valence-corrected chi connectivity index (χ3v) is 3.31. The molecule has 0 heterocycles. The average Bonchev–Trinajstić information content (AvgIpc) is 2.03. The van der Waals surface area contributed by atoms with E-state index in [0.29, 0.717) is 6.10 Å². The van der Waals surface area contributed by atoms with E-state index in [1.54, 1.807) is 0 Å². The van der Waals surface area contributed by atoms with Crippen LogP contribution in [0.4, 0.5) is 0 Å². The molecule has 0 aromatic heterocycles. The molecule has 0 amide bonds. The summed E-state index contributed by atoms with van der Waals surface area (Å²) in [6, 6.07) is 0. The van der Waals surface area contributed by atoms with Crippen LogP contribution in [0, 0.1) is 17.8 Å². The monoisotopic (exact) mass is 184 g/mol. The Morgan fingerprint density at radius 3 is 2.46 bits per heavy atom. The SMILES string of the molecule is CO[C@H]1CC[C@@H](CC(C)C)C[C@H]1C. The minimum Gasteiger partial charge on any atom is -0.381 e. The highest BCUT2D eigenvalue weighted by Gasteiger charge is 2.27. The van der Waals surface area contributed by atoms with Crippen molar-refractivity contribution in [2.75, 3.05) is 7.11 Å². The fourth-order valence-corrected chi connectivity index (χ4v) is 2.71. The lowest BCUT2D eigenvalue weighted by atomic mass is 9.77. The molecule has 0 aromatic carbocycles. The highest BCUT2D eigenvalue weighted by molar-refractivity contribution is 4.78. The lowest BCUT2D eigenvalue weighted by Gasteiger charge is -2.34. The topological polar surface area (TPSA) is 9.23 Å². The zero-order valence-electron chi connectivity index (χ0n) is 9.55. The van der Waals surface area contributed by atoms with Gasteiger partial charge in [-0.25, -0.2) is 0 Å². The maximum absolute atomic E-state index is 5.46. The molecule has 13 heavy (non-hydrogen) atoms. The number of ether oxygens (including phenoxy) is 1. The second kappa shape index (κ2) is 4.99. The second-order valence-electron chi connectivity index (χ2n) is 5.06. The number of rotatable bonds is 3. The highest BCUT2D eigenvalue weighted by atomic mass is 16.5. The summed E-state index contributed by atoms with van der Waals surface area (Å²) in [7, 11) is 1.85. The second-order valence-corrected chi connectivity index (χ2v) is 5.06. The first-order valence-electron chi connectivity index (χ1n) is 5.66. The molecule has 0 unspecified atom stereocenters. The van der Waals surface area contributed by atoms with Crippen LogP contribution in [0.25, 0.3) is 0 Å². The van der Waals surface area contributed by atoms with Crippen molar-refractivity contribution in [3.63, 3.8) is 0 Å². The number of methoxy groups -OCH3 is 1. The Balaban J connectivity index is 2.32. The van der Waals surface area contributed by atoms with Gasteiger partial charge in [-0.05, 0) is 43.4 Å². The average molecular weight is 184 g/mol. The third-order valence-electron chi connectivity index (χ3n) is 3.31. The van der Waals surface area contributed by atoms with E-state index in [-0.39, 0.29) is 0 Å². The van der Waals surface area contributed by atoms with Crippen molar-refractivity contribution >= 4 is 0 Å². The van der Waals surface area contributed by atoms with Gasteiger partial charge in [-0.15, -0.1) is 0 Å². The van der Waals surface area contributed by atoms with Crippen LogP contribution in [0.3, 0.4) is 0 Å². The summed E-state index contributed by atoms with van der Waals surface area (Å²) in [5, 5.41) is 0. The quantitative estimate of drug-likeness (QED) is 0.652. The van der Waals surface area contributed by atoms with Crippen LogP contribution in [-0.4, -0.2) is 13.2 Å². The van der Waals surface area contributed by atoms with Crippen molar-refractivity contribution in [3.05, 3.63) is 0 Å². The van der Waals surface area contributed by atoms with Crippen molar-refractivity contribution in [1.82, 2.24) is 0 Å². The maximum Gasteiger partial charge on any atom is 0.0597 e. The van der Waals surface area contributed by atoms with E-state index in [2.05, 4.69) is 20.8 Å². The summed E-state index contributed by atoms with van der Waals surface area (Å²) in [4.78, 5) is 0. The summed E-state index contributed by atoms with van der Waals surface area (Å²) >= 11 is 0. The molecule has 1 rings (SSSR count). The Labute approximate surface area is 82.9 Å². The first-order chi connectivity index (χ1) is 6.13. The van der Waals surface area contributed by atoms with Gasteiger partial charge < -0.3 is 4.74 Å². The summed E-state index contributed by atoms with van der Waals surface area (Å²) in [5.41, 5.74) is 0. The Hall–Kier alpha value is -0.0400. The molecule has 3 atom stereocenters. The summed E-state index contributed by atoms with van der Waals surface area (Å²) in [5.74, 6) is 2.58. The largest absolute Gasteiger partial charge is 0.381 e. The minimum atomic E-state index is 0.531. The predicted molar refractivity (Wildman–Crippen MR) is 56.8 cm³/mol. The molecule has 1 nitrogen and oxygen atoms in total. The smallest absolute Gasteiger partial charge is 0.0597 e. The van der Waals surface area contributed by atoms with Gasteiger partial charge in [-0.2, -0.15) is 0 Å². The van der Waals surface area contributed by atoms with Gasteiger partial charge in [0.05, 0.1) is 6.10 Å². The van der Waals surface area contributed by atoms with Gasteiger partial charge in [0, 0.05) is 7.11 Å². The Morgan fingerprint density at radius 2 is 2.00 bits per heavy atom. The Kier molecular flexibility index (Phi) is 4.24. The third kappa shape index (κ3) is 3.30. The van der Waals surface area contributed by atoms with Crippen molar-refractivity contribution in [2.45, 2.75) is 52.6 Å². The molecule has 0 aromatic rings. The zero-order valence-corrected chi connectivity index (χ0v) is 9.55. The molecule has 0 spiro atoms. The fraction of sp³-hybridized carbons (Fsp3) is 1.00. The van der Waals surface area contributed by atoms with Crippen LogP contribution in [-0.2, 0) is 4.74 Å². The van der Waals surface area contributed by atoms with E-state index in [4.69, 9.17) is 4.74 Å². The van der Waals surface area contributed by atoms with E-state index >= 15 is 0 Å². The van der Waals surface area contributed by atoms with Crippen molar-refractivity contribution in [3.8, 4) is 0 Å². The van der Waals surface area contributed by atoms with E-state index < -0.39 is 0 Å². The van der Waals surface area contributed by atoms with Gasteiger partial charge in [-0.3, -0.25) is 0 Å². The minimum absolute atomic E-state index is 0.531. The van der Waals surface area contributed by atoms with Crippen LogP contribution in [0.5, 0.6) is 0 Å². The molecular formula is C12H24O. The molecule has 0 saturated heterocycles. The maximum atomic E-state index is 5.46. The Bertz CT molecular complexity index is 142. The first kappa shape index (κ1) is 11.0. The van der Waals surface area contributed by atoms with Crippen LogP contribution in [0.2, 0.25) is 0 Å². The summed E-state index contributed by atoms with van der Waals surface area (Å²) in [6.07, 6.45) is 5.96. The van der Waals surface area contributed by atoms with Crippen LogP contribution in [0.1, 0.15) is 46.5 Å². The van der Waals surface area contributed by atoms with Crippen molar-refractivity contribution in [2.24, 2.45) is 17.8 Å². The van der Waals surface area contributed by atoms with Gasteiger partial charge >= 0.3 is 0 Å². The van der Waals surface area contributed by atoms with Crippen LogP contribution in [0.15, 0.2) is 0 Å². The fourth-order valence-electron chi connectivity index (χ4n) is 2.71. The van der Waals surface area contributed by atoms with E-state index in [0.717, 1.165) is 17.8 Å². The predicted octanol–water partition coefficient (Wildman–Crippen LogP) is 3.48. The molecule has 0 radical (unpaired) electrons. The molecule has 1 fully saturated rings. The molecule has 78 valence electrons. The molecule has 0 N–H and O–H groups in total. The van der Waals surface area contributed by atoms with Crippen molar-refractivity contribution < 1.29 is 4.74 Å². The van der Waals surface area contributed by atoms with Gasteiger partial charge in [0.1, 0.15) is 0 Å². The molecule has 0 bridgehead atoms. The van der Waals surface area contributed by atoms with Gasteiger partial charge in [-0.1, -0.05) is 20.8 Å². The Morgan fingerprint density at radius 1 is 1.31 bits per heavy atom. The lowest BCUT2D eigenvalue weighted by Crippen LogP contribution is -2.29. The van der Waals surface area contributed by atoms with E-state index in [1.165, 1.54) is 25.7 Å². The lowest BCUT2D eigenvalue weighted by molar-refractivity contribution is 0.0123. The van der Waals surface area contributed by atoms with Gasteiger partial charge in [0.2, 0.25) is 0 Å². The number of hydrogen-bond acceptors (Lipinski definition) is 1. The van der Waals surface area contributed by atoms with E-state index in [1.807, 2.05) is 7.11 Å². The van der Waals surface area contributed by atoms with Crippen molar-refractivity contribution in [1.29, 1.82) is 0 Å². The zero-order chi connectivity index (χ0) is 9.84. The first-order valence-corrected chi connectivity index (χ1v) is 5.66. The summed E-state index contributed by atoms with van der Waals surface area (Å²) < 4.78 is 5.46. The normalized spacial score (nSPS) is 35.3. The molecular weight excluding hydrogens is 160 g/mol. The molecule has 1 saturated carbocycles. The molecule has 0 aliphatic heterocycles. The molecule has 1 aliphatic rings. The summed E-state index contributed by atoms with van der Waals surface area (Å²) in [6.45, 7) is 6.99. The highest BCUT2D eigenvalue weighted by Crippen LogP contribution is 2.34.